The van der Waals surface area contributed by atoms with Gasteiger partial charge in [0.05, 0.1) is 0 Å². The molecule has 4 aromatic rings. The van der Waals surface area contributed by atoms with Crippen molar-refractivity contribution in [1.29, 1.82) is 0 Å². The molecule has 27 heavy (non-hydrogen) atoms. The second kappa shape index (κ2) is 6.68. The molecule has 0 saturated heterocycles. The Labute approximate surface area is 168 Å². The number of halogens is 1. The molecule has 0 heterocycles. The molecule has 0 saturated carbocycles. The predicted molar refractivity (Wildman–Crippen MR) is 117 cm³/mol. The highest BCUT2D eigenvalue weighted by Gasteiger charge is 2.27. The van der Waals surface area contributed by atoms with Gasteiger partial charge in [-0.15, -0.1) is 0 Å². The molecule has 0 unspecified atom stereocenters. The zero-order chi connectivity index (χ0) is 18.2. The van der Waals surface area contributed by atoms with E-state index in [9.17, 15) is 0 Å². The Balaban J connectivity index is 1.94. The molecule has 0 nitrogen and oxygen atoms in total. The third-order valence-electron chi connectivity index (χ3n) is 5.11. The lowest BCUT2D eigenvalue weighted by molar-refractivity contribution is 1.53. The molecule has 0 spiro atoms. The van der Waals surface area contributed by atoms with Crippen LogP contribution in [0, 0.1) is 0 Å². The molecule has 1 heteroatoms. The van der Waals surface area contributed by atoms with Crippen molar-refractivity contribution in [2.24, 2.45) is 0 Å². The van der Waals surface area contributed by atoms with Crippen LogP contribution in [0.2, 0.25) is 0 Å². The summed E-state index contributed by atoms with van der Waals surface area (Å²) in [5, 5.41) is 0. The van der Waals surface area contributed by atoms with Crippen molar-refractivity contribution in [3.63, 3.8) is 0 Å². The van der Waals surface area contributed by atoms with Crippen LogP contribution in [0.15, 0.2) is 108 Å². The molecule has 0 amide bonds. The standard InChI is InChI=1S/C26H17Br/c27-20-15-16-22-21-13-7-8-14-23(21)26(24(22)17-20)25(18-9-3-1-4-10-18)19-11-5-2-6-12-19/h1-17H. The minimum absolute atomic E-state index is 1.10. The Morgan fingerprint density at radius 2 is 1.00 bits per heavy atom. The van der Waals surface area contributed by atoms with E-state index in [-0.39, 0.29) is 0 Å². The van der Waals surface area contributed by atoms with E-state index in [4.69, 9.17) is 0 Å². The molecule has 0 aromatic heterocycles. The lowest BCUT2D eigenvalue weighted by atomic mass is 9.88. The van der Waals surface area contributed by atoms with E-state index in [0.29, 0.717) is 0 Å². The normalized spacial score (nSPS) is 11.8. The number of hydrogen-bond acceptors (Lipinski definition) is 0. The van der Waals surface area contributed by atoms with E-state index in [1.54, 1.807) is 0 Å². The van der Waals surface area contributed by atoms with Crippen LogP contribution in [0.5, 0.6) is 0 Å². The molecular weight excluding hydrogens is 392 g/mol. The summed E-state index contributed by atoms with van der Waals surface area (Å²) in [6.45, 7) is 0. The van der Waals surface area contributed by atoms with Crippen molar-refractivity contribution < 1.29 is 0 Å². The molecule has 5 rings (SSSR count). The summed E-state index contributed by atoms with van der Waals surface area (Å²) in [4.78, 5) is 0. The van der Waals surface area contributed by atoms with Gasteiger partial charge in [0, 0.05) is 4.47 Å². The lowest BCUT2D eigenvalue weighted by Gasteiger charge is -2.15. The molecule has 0 fully saturated rings. The van der Waals surface area contributed by atoms with E-state index >= 15 is 0 Å². The van der Waals surface area contributed by atoms with Crippen molar-refractivity contribution in [2.45, 2.75) is 0 Å². The molecule has 0 radical (unpaired) electrons. The highest BCUT2D eigenvalue weighted by atomic mass is 79.9. The average Bonchev–Trinajstić information content (AvgIpc) is 3.04. The number of hydrogen-bond donors (Lipinski definition) is 0. The summed E-state index contributed by atoms with van der Waals surface area (Å²) in [7, 11) is 0. The monoisotopic (exact) mass is 408 g/mol. The Bertz CT molecular complexity index is 1110. The van der Waals surface area contributed by atoms with Crippen LogP contribution in [-0.2, 0) is 0 Å². The maximum Gasteiger partial charge on any atom is 0.0181 e. The summed E-state index contributed by atoms with van der Waals surface area (Å²) < 4.78 is 1.10. The Hall–Kier alpha value is -2.90. The smallest absolute Gasteiger partial charge is 0.0181 e. The van der Waals surface area contributed by atoms with Gasteiger partial charge in [0.15, 0.2) is 0 Å². The fourth-order valence-corrected chi connectivity index (χ4v) is 4.33. The van der Waals surface area contributed by atoms with Gasteiger partial charge in [-0.2, -0.15) is 0 Å². The zero-order valence-corrected chi connectivity index (χ0v) is 16.3. The molecule has 1 aliphatic rings. The lowest BCUT2D eigenvalue weighted by Crippen LogP contribution is -1.94. The SMILES string of the molecule is Brc1ccc2c(c1)C(=C(c1ccccc1)c1ccccc1)c1ccccc1-2. The average molecular weight is 409 g/mol. The van der Waals surface area contributed by atoms with Gasteiger partial charge in [-0.05, 0) is 56.7 Å². The maximum absolute atomic E-state index is 3.68. The number of rotatable bonds is 2. The molecule has 0 aliphatic heterocycles. The Morgan fingerprint density at radius 1 is 0.481 bits per heavy atom. The molecular formula is C26H17Br. The van der Waals surface area contributed by atoms with Crippen molar-refractivity contribution in [1.82, 2.24) is 0 Å². The predicted octanol–water partition coefficient (Wildman–Crippen LogP) is 7.44. The van der Waals surface area contributed by atoms with Gasteiger partial charge in [0.1, 0.15) is 0 Å². The van der Waals surface area contributed by atoms with Crippen LogP contribution in [0.25, 0.3) is 22.3 Å². The maximum atomic E-state index is 3.68. The molecule has 0 atom stereocenters. The minimum atomic E-state index is 1.10. The highest BCUT2D eigenvalue weighted by molar-refractivity contribution is 9.10. The first-order valence-electron chi connectivity index (χ1n) is 9.08. The second-order valence-electron chi connectivity index (χ2n) is 6.72. The molecule has 0 N–H and O–H groups in total. The second-order valence-corrected chi connectivity index (χ2v) is 7.63. The van der Waals surface area contributed by atoms with E-state index in [2.05, 4.69) is 119 Å². The van der Waals surface area contributed by atoms with Crippen LogP contribution in [-0.4, -0.2) is 0 Å². The summed E-state index contributed by atoms with van der Waals surface area (Å²) in [5.41, 5.74) is 10.2. The molecule has 1 aliphatic carbocycles. The summed E-state index contributed by atoms with van der Waals surface area (Å²) in [5.74, 6) is 0. The Morgan fingerprint density at radius 3 is 1.63 bits per heavy atom. The van der Waals surface area contributed by atoms with Crippen LogP contribution in [0.4, 0.5) is 0 Å². The first kappa shape index (κ1) is 16.3. The van der Waals surface area contributed by atoms with Gasteiger partial charge >= 0.3 is 0 Å². The van der Waals surface area contributed by atoms with Gasteiger partial charge in [-0.3, -0.25) is 0 Å². The van der Waals surface area contributed by atoms with E-state index in [1.807, 2.05) is 0 Å². The van der Waals surface area contributed by atoms with E-state index < -0.39 is 0 Å². The fraction of sp³-hybridized carbons (Fsp3) is 0. The summed E-state index contributed by atoms with van der Waals surface area (Å²) in [6, 6.07) is 36.7. The van der Waals surface area contributed by atoms with Crippen molar-refractivity contribution in [2.75, 3.05) is 0 Å². The van der Waals surface area contributed by atoms with Crippen molar-refractivity contribution in [3.05, 3.63) is 130 Å². The van der Waals surface area contributed by atoms with Crippen molar-refractivity contribution >= 4 is 27.1 Å². The minimum Gasteiger partial charge on any atom is -0.0622 e. The van der Waals surface area contributed by atoms with Crippen LogP contribution in [0.3, 0.4) is 0 Å². The largest absolute Gasteiger partial charge is 0.0622 e. The Kier molecular flexibility index (Phi) is 4.03. The van der Waals surface area contributed by atoms with Crippen LogP contribution in [0.1, 0.15) is 22.3 Å². The quantitative estimate of drug-likeness (QED) is 0.284. The number of fused-ring (bicyclic) bond motifs is 3. The first-order chi connectivity index (χ1) is 13.3. The van der Waals surface area contributed by atoms with Gasteiger partial charge in [-0.1, -0.05) is 107 Å². The van der Waals surface area contributed by atoms with Crippen LogP contribution >= 0.6 is 15.9 Å². The van der Waals surface area contributed by atoms with Gasteiger partial charge in [-0.25, -0.2) is 0 Å². The zero-order valence-electron chi connectivity index (χ0n) is 14.7. The summed E-state index contributed by atoms with van der Waals surface area (Å²) >= 11 is 3.68. The summed E-state index contributed by atoms with van der Waals surface area (Å²) in [6.07, 6.45) is 0. The molecule has 128 valence electrons. The third kappa shape index (κ3) is 2.75. The highest BCUT2D eigenvalue weighted by Crippen LogP contribution is 2.49. The molecule has 0 bridgehead atoms. The van der Waals surface area contributed by atoms with Gasteiger partial charge in [0.2, 0.25) is 0 Å². The van der Waals surface area contributed by atoms with E-state index in [0.717, 1.165) is 4.47 Å². The van der Waals surface area contributed by atoms with Crippen LogP contribution < -0.4 is 0 Å². The van der Waals surface area contributed by atoms with Crippen molar-refractivity contribution in [3.8, 4) is 11.1 Å². The molecule has 4 aromatic carbocycles. The fourth-order valence-electron chi connectivity index (χ4n) is 3.97. The topological polar surface area (TPSA) is 0 Å². The third-order valence-corrected chi connectivity index (χ3v) is 5.61. The van der Waals surface area contributed by atoms with Gasteiger partial charge < -0.3 is 0 Å². The number of benzene rings is 4. The first-order valence-corrected chi connectivity index (χ1v) is 9.87. The van der Waals surface area contributed by atoms with Gasteiger partial charge in [0.25, 0.3) is 0 Å². The van der Waals surface area contributed by atoms with E-state index in [1.165, 1.54) is 44.5 Å².